The van der Waals surface area contributed by atoms with Gasteiger partial charge in [0.1, 0.15) is 11.5 Å². The van der Waals surface area contributed by atoms with E-state index < -0.39 is 0 Å². The van der Waals surface area contributed by atoms with E-state index in [0.717, 1.165) is 17.0 Å². The first-order chi connectivity index (χ1) is 6.29. The third kappa shape index (κ3) is 1.42. The smallest absolute Gasteiger partial charge is 0.136 e. The SMILES string of the molecule is Cc1c(Cl)ncnc1-c1ccc[nH]1. The van der Waals surface area contributed by atoms with Crippen LogP contribution in [0.2, 0.25) is 5.15 Å². The molecule has 13 heavy (non-hydrogen) atoms. The first-order valence-electron chi connectivity index (χ1n) is 3.90. The highest BCUT2D eigenvalue weighted by Gasteiger charge is 2.06. The lowest BCUT2D eigenvalue weighted by molar-refractivity contribution is 1.12. The number of nitrogens with one attached hydrogen (secondary N) is 1. The molecular weight excluding hydrogens is 186 g/mol. The predicted molar refractivity (Wildman–Crippen MR) is 51.6 cm³/mol. The van der Waals surface area contributed by atoms with Gasteiger partial charge in [-0.05, 0) is 19.1 Å². The Hall–Kier alpha value is -1.35. The van der Waals surface area contributed by atoms with Crippen LogP contribution in [0.4, 0.5) is 0 Å². The van der Waals surface area contributed by atoms with E-state index in [1.165, 1.54) is 6.33 Å². The number of nitrogens with zero attached hydrogens (tertiary/aromatic N) is 2. The van der Waals surface area contributed by atoms with Gasteiger partial charge in [0, 0.05) is 11.8 Å². The molecule has 0 aliphatic heterocycles. The van der Waals surface area contributed by atoms with Crippen molar-refractivity contribution in [1.82, 2.24) is 15.0 Å². The Morgan fingerprint density at radius 3 is 2.92 bits per heavy atom. The van der Waals surface area contributed by atoms with E-state index in [-0.39, 0.29) is 0 Å². The van der Waals surface area contributed by atoms with E-state index in [1.54, 1.807) is 0 Å². The first kappa shape index (κ1) is 8.26. The quantitative estimate of drug-likeness (QED) is 0.707. The molecule has 0 spiro atoms. The van der Waals surface area contributed by atoms with Crippen LogP contribution in [0.5, 0.6) is 0 Å². The average molecular weight is 194 g/mol. The fourth-order valence-electron chi connectivity index (χ4n) is 1.18. The Morgan fingerprint density at radius 2 is 2.23 bits per heavy atom. The van der Waals surface area contributed by atoms with E-state index in [4.69, 9.17) is 11.6 Å². The zero-order valence-corrected chi connectivity index (χ0v) is 7.84. The van der Waals surface area contributed by atoms with Crippen molar-refractivity contribution in [3.63, 3.8) is 0 Å². The lowest BCUT2D eigenvalue weighted by Crippen LogP contribution is -1.91. The van der Waals surface area contributed by atoms with Crippen molar-refractivity contribution < 1.29 is 0 Å². The number of hydrogen-bond acceptors (Lipinski definition) is 2. The van der Waals surface area contributed by atoms with Crippen LogP contribution in [-0.4, -0.2) is 15.0 Å². The Labute approximate surface area is 80.8 Å². The third-order valence-corrected chi connectivity index (χ3v) is 2.26. The summed E-state index contributed by atoms with van der Waals surface area (Å²) in [5, 5.41) is 0.500. The summed E-state index contributed by atoms with van der Waals surface area (Å²) in [5.41, 5.74) is 2.71. The summed E-state index contributed by atoms with van der Waals surface area (Å²) in [6.07, 6.45) is 3.32. The van der Waals surface area contributed by atoms with Crippen molar-refractivity contribution in [2.75, 3.05) is 0 Å². The van der Waals surface area contributed by atoms with Gasteiger partial charge in [-0.1, -0.05) is 11.6 Å². The van der Waals surface area contributed by atoms with E-state index in [1.807, 2.05) is 25.3 Å². The number of aromatic nitrogens is 3. The van der Waals surface area contributed by atoms with E-state index in [0.29, 0.717) is 5.15 Å². The molecule has 0 unspecified atom stereocenters. The van der Waals surface area contributed by atoms with Crippen LogP contribution in [0.15, 0.2) is 24.7 Å². The summed E-state index contributed by atoms with van der Waals surface area (Å²) >= 11 is 5.87. The van der Waals surface area contributed by atoms with E-state index >= 15 is 0 Å². The van der Waals surface area contributed by atoms with Crippen LogP contribution in [0.3, 0.4) is 0 Å². The van der Waals surface area contributed by atoms with Crippen molar-refractivity contribution in [2.45, 2.75) is 6.92 Å². The van der Waals surface area contributed by atoms with Gasteiger partial charge >= 0.3 is 0 Å². The molecule has 2 aromatic rings. The molecular formula is C9H8ClN3. The third-order valence-electron chi connectivity index (χ3n) is 1.88. The van der Waals surface area contributed by atoms with Crippen LogP contribution in [0.1, 0.15) is 5.56 Å². The molecule has 0 atom stereocenters. The highest BCUT2D eigenvalue weighted by atomic mass is 35.5. The van der Waals surface area contributed by atoms with Crippen LogP contribution in [-0.2, 0) is 0 Å². The highest BCUT2D eigenvalue weighted by Crippen LogP contribution is 2.22. The van der Waals surface area contributed by atoms with Crippen molar-refractivity contribution in [1.29, 1.82) is 0 Å². The summed E-state index contributed by atoms with van der Waals surface area (Å²) in [7, 11) is 0. The lowest BCUT2D eigenvalue weighted by Gasteiger charge is -2.02. The van der Waals surface area contributed by atoms with Crippen molar-refractivity contribution in [3.05, 3.63) is 35.4 Å². The molecule has 0 aliphatic carbocycles. The summed E-state index contributed by atoms with van der Waals surface area (Å²) in [5.74, 6) is 0. The molecule has 0 radical (unpaired) electrons. The van der Waals surface area contributed by atoms with Gasteiger partial charge in [0.15, 0.2) is 0 Å². The molecule has 0 aromatic carbocycles. The lowest BCUT2D eigenvalue weighted by atomic mass is 10.2. The van der Waals surface area contributed by atoms with Gasteiger partial charge in [-0.2, -0.15) is 0 Å². The predicted octanol–water partition coefficient (Wildman–Crippen LogP) is 2.43. The molecule has 2 heterocycles. The van der Waals surface area contributed by atoms with Crippen molar-refractivity contribution in [3.8, 4) is 11.4 Å². The van der Waals surface area contributed by atoms with Gasteiger partial charge < -0.3 is 4.98 Å². The van der Waals surface area contributed by atoms with Gasteiger partial charge in [-0.3, -0.25) is 0 Å². The maximum Gasteiger partial charge on any atom is 0.136 e. The summed E-state index contributed by atoms with van der Waals surface area (Å²) in [6.45, 7) is 1.90. The molecule has 4 heteroatoms. The fraction of sp³-hybridized carbons (Fsp3) is 0.111. The average Bonchev–Trinajstić information content (AvgIpc) is 2.62. The Balaban J connectivity index is 2.59. The standard InChI is InChI=1S/C9H8ClN3/c1-6-8(7-3-2-4-11-7)12-5-13-9(6)10/h2-5,11H,1H3. The van der Waals surface area contributed by atoms with Crippen LogP contribution < -0.4 is 0 Å². The van der Waals surface area contributed by atoms with Gasteiger partial charge in [0.2, 0.25) is 0 Å². The minimum Gasteiger partial charge on any atom is -0.360 e. The zero-order chi connectivity index (χ0) is 9.26. The molecule has 0 saturated carbocycles. The number of aromatic amines is 1. The normalized spacial score (nSPS) is 10.3. The molecule has 1 N–H and O–H groups in total. The summed E-state index contributed by atoms with van der Waals surface area (Å²) in [4.78, 5) is 11.1. The second kappa shape index (κ2) is 3.18. The molecule has 2 rings (SSSR count). The van der Waals surface area contributed by atoms with Crippen molar-refractivity contribution in [2.24, 2.45) is 0 Å². The molecule has 0 saturated heterocycles. The molecule has 0 aliphatic rings. The number of hydrogen-bond donors (Lipinski definition) is 1. The summed E-state index contributed by atoms with van der Waals surface area (Å²) in [6, 6.07) is 3.87. The second-order valence-corrected chi connectivity index (χ2v) is 3.08. The number of halogens is 1. The number of rotatable bonds is 1. The Morgan fingerprint density at radius 1 is 1.38 bits per heavy atom. The van der Waals surface area contributed by atoms with Gasteiger partial charge in [0.25, 0.3) is 0 Å². The Bertz CT molecular complexity index is 409. The molecule has 0 amide bonds. The second-order valence-electron chi connectivity index (χ2n) is 2.72. The summed E-state index contributed by atoms with van der Waals surface area (Å²) < 4.78 is 0. The van der Waals surface area contributed by atoms with E-state index in [9.17, 15) is 0 Å². The minimum atomic E-state index is 0.500. The molecule has 0 fully saturated rings. The molecule has 66 valence electrons. The van der Waals surface area contributed by atoms with Crippen LogP contribution in [0, 0.1) is 6.92 Å². The highest BCUT2D eigenvalue weighted by molar-refractivity contribution is 6.30. The largest absolute Gasteiger partial charge is 0.360 e. The monoisotopic (exact) mass is 193 g/mol. The fourth-order valence-corrected chi connectivity index (χ4v) is 1.31. The molecule has 2 aromatic heterocycles. The zero-order valence-electron chi connectivity index (χ0n) is 7.08. The maximum atomic E-state index is 5.87. The number of H-pyrrole nitrogens is 1. The van der Waals surface area contributed by atoms with Gasteiger partial charge in [-0.25, -0.2) is 9.97 Å². The van der Waals surface area contributed by atoms with Gasteiger partial charge in [-0.15, -0.1) is 0 Å². The molecule has 0 bridgehead atoms. The van der Waals surface area contributed by atoms with E-state index in [2.05, 4.69) is 15.0 Å². The Kier molecular flexibility index (Phi) is 2.02. The topological polar surface area (TPSA) is 41.6 Å². The maximum absolute atomic E-state index is 5.87. The minimum absolute atomic E-state index is 0.500. The first-order valence-corrected chi connectivity index (χ1v) is 4.27. The molecule has 3 nitrogen and oxygen atoms in total. The van der Waals surface area contributed by atoms with Crippen LogP contribution >= 0.6 is 11.6 Å². The van der Waals surface area contributed by atoms with Crippen molar-refractivity contribution >= 4 is 11.6 Å². The van der Waals surface area contributed by atoms with Gasteiger partial charge in [0.05, 0.1) is 11.4 Å². The van der Waals surface area contributed by atoms with Crippen LogP contribution in [0.25, 0.3) is 11.4 Å².